The summed E-state index contributed by atoms with van der Waals surface area (Å²) in [4.78, 5) is 7.38. The smallest absolute Gasteiger partial charge is 0.106 e. The standard InChI is InChI=1S/C9H8BrClN2O/c10-8-2-1-6-9(13-8)5(3-11)7(4-14)12-6/h1-2,12,14H,3-4H2. The van der Waals surface area contributed by atoms with Gasteiger partial charge in [-0.15, -0.1) is 11.6 Å². The lowest BCUT2D eigenvalue weighted by Crippen LogP contribution is -1.88. The van der Waals surface area contributed by atoms with Crippen LogP contribution in [0.2, 0.25) is 0 Å². The zero-order valence-electron chi connectivity index (χ0n) is 7.22. The summed E-state index contributed by atoms with van der Waals surface area (Å²) in [7, 11) is 0. The van der Waals surface area contributed by atoms with Crippen LogP contribution in [0.3, 0.4) is 0 Å². The van der Waals surface area contributed by atoms with Crippen LogP contribution in [0, 0.1) is 0 Å². The van der Waals surface area contributed by atoms with Crippen molar-refractivity contribution in [1.29, 1.82) is 0 Å². The van der Waals surface area contributed by atoms with Crippen LogP contribution in [0.15, 0.2) is 16.7 Å². The van der Waals surface area contributed by atoms with Gasteiger partial charge in [0.15, 0.2) is 0 Å². The molecule has 0 aromatic carbocycles. The summed E-state index contributed by atoms with van der Waals surface area (Å²) in [5.74, 6) is 0.347. The molecule has 0 saturated heterocycles. The number of H-pyrrole nitrogens is 1. The molecule has 0 aliphatic rings. The molecule has 0 bridgehead atoms. The fourth-order valence-electron chi connectivity index (χ4n) is 1.43. The molecule has 0 aliphatic heterocycles. The number of rotatable bonds is 2. The van der Waals surface area contributed by atoms with Crippen molar-refractivity contribution in [3.63, 3.8) is 0 Å². The minimum Gasteiger partial charge on any atom is -0.390 e. The van der Waals surface area contributed by atoms with E-state index in [4.69, 9.17) is 16.7 Å². The summed E-state index contributed by atoms with van der Waals surface area (Å²) in [6, 6.07) is 3.75. The van der Waals surface area contributed by atoms with Crippen molar-refractivity contribution in [3.05, 3.63) is 28.0 Å². The van der Waals surface area contributed by atoms with Gasteiger partial charge in [-0.3, -0.25) is 0 Å². The molecule has 5 heteroatoms. The molecule has 0 unspecified atom stereocenters. The van der Waals surface area contributed by atoms with Gasteiger partial charge in [-0.05, 0) is 28.1 Å². The number of aliphatic hydroxyl groups excluding tert-OH is 1. The van der Waals surface area contributed by atoms with Gasteiger partial charge in [-0.2, -0.15) is 0 Å². The Morgan fingerprint density at radius 2 is 2.29 bits per heavy atom. The maximum absolute atomic E-state index is 9.09. The van der Waals surface area contributed by atoms with E-state index in [1.54, 1.807) is 0 Å². The van der Waals surface area contributed by atoms with E-state index in [-0.39, 0.29) is 6.61 Å². The quantitative estimate of drug-likeness (QED) is 0.654. The Balaban J connectivity index is 2.74. The third-order valence-corrected chi connectivity index (χ3v) is 2.80. The molecule has 74 valence electrons. The van der Waals surface area contributed by atoms with E-state index in [2.05, 4.69) is 25.9 Å². The number of aliphatic hydroxyl groups is 1. The second kappa shape index (κ2) is 3.88. The van der Waals surface area contributed by atoms with Gasteiger partial charge >= 0.3 is 0 Å². The fraction of sp³-hybridized carbons (Fsp3) is 0.222. The number of hydrogen-bond acceptors (Lipinski definition) is 2. The Morgan fingerprint density at radius 3 is 2.93 bits per heavy atom. The predicted octanol–water partition coefficient (Wildman–Crippen LogP) is 2.56. The van der Waals surface area contributed by atoms with Gasteiger partial charge in [0.25, 0.3) is 0 Å². The predicted molar refractivity (Wildman–Crippen MR) is 59.3 cm³/mol. The first kappa shape index (κ1) is 9.96. The van der Waals surface area contributed by atoms with E-state index in [9.17, 15) is 0 Å². The maximum atomic E-state index is 9.09. The molecule has 0 fully saturated rings. The third kappa shape index (κ3) is 1.54. The number of pyridine rings is 1. The number of nitrogens with zero attached hydrogens (tertiary/aromatic N) is 1. The van der Waals surface area contributed by atoms with Gasteiger partial charge in [0.2, 0.25) is 0 Å². The summed E-state index contributed by atoms with van der Waals surface area (Å²) < 4.78 is 0.764. The molecule has 2 aromatic rings. The van der Waals surface area contributed by atoms with E-state index in [0.717, 1.165) is 26.9 Å². The van der Waals surface area contributed by atoms with Gasteiger partial charge in [0.05, 0.1) is 23.5 Å². The number of aromatic nitrogens is 2. The highest BCUT2D eigenvalue weighted by Crippen LogP contribution is 2.24. The van der Waals surface area contributed by atoms with Gasteiger partial charge < -0.3 is 10.1 Å². The Hall–Kier alpha value is -0.580. The van der Waals surface area contributed by atoms with E-state index >= 15 is 0 Å². The van der Waals surface area contributed by atoms with Gasteiger partial charge in [0.1, 0.15) is 4.60 Å². The highest BCUT2D eigenvalue weighted by molar-refractivity contribution is 9.10. The summed E-state index contributed by atoms with van der Waals surface area (Å²) in [6.07, 6.45) is 0. The Kier molecular flexibility index (Phi) is 2.76. The minimum absolute atomic E-state index is 0.0456. The summed E-state index contributed by atoms with van der Waals surface area (Å²) in [5.41, 5.74) is 3.32. The molecule has 0 aliphatic carbocycles. The van der Waals surface area contributed by atoms with Crippen molar-refractivity contribution < 1.29 is 5.11 Å². The number of nitrogens with one attached hydrogen (secondary N) is 1. The topological polar surface area (TPSA) is 48.9 Å². The van der Waals surface area contributed by atoms with Crippen molar-refractivity contribution in [2.75, 3.05) is 0 Å². The van der Waals surface area contributed by atoms with Crippen LogP contribution in [0.25, 0.3) is 11.0 Å². The summed E-state index contributed by atoms with van der Waals surface area (Å²) in [5, 5.41) is 9.09. The highest BCUT2D eigenvalue weighted by Gasteiger charge is 2.10. The summed E-state index contributed by atoms with van der Waals surface area (Å²) >= 11 is 9.09. The molecule has 2 N–H and O–H groups in total. The number of halogens is 2. The molecule has 0 spiro atoms. The molecule has 14 heavy (non-hydrogen) atoms. The van der Waals surface area contributed by atoms with Crippen molar-refractivity contribution in [1.82, 2.24) is 9.97 Å². The van der Waals surface area contributed by atoms with Crippen molar-refractivity contribution in [3.8, 4) is 0 Å². The molecular formula is C9H8BrClN2O. The van der Waals surface area contributed by atoms with Gasteiger partial charge in [0, 0.05) is 11.3 Å². The number of aromatic amines is 1. The molecule has 0 radical (unpaired) electrons. The monoisotopic (exact) mass is 274 g/mol. The fourth-order valence-corrected chi connectivity index (χ4v) is 2.02. The van der Waals surface area contributed by atoms with Crippen LogP contribution in [0.1, 0.15) is 11.3 Å². The lowest BCUT2D eigenvalue weighted by Gasteiger charge is -1.95. The van der Waals surface area contributed by atoms with Crippen LogP contribution in [-0.2, 0) is 12.5 Å². The third-order valence-electron chi connectivity index (χ3n) is 2.09. The molecular weight excluding hydrogens is 267 g/mol. The molecule has 2 rings (SSSR count). The van der Waals surface area contributed by atoms with Crippen molar-refractivity contribution in [2.24, 2.45) is 0 Å². The van der Waals surface area contributed by atoms with Crippen LogP contribution < -0.4 is 0 Å². The molecule has 0 atom stereocenters. The molecule has 0 amide bonds. The lowest BCUT2D eigenvalue weighted by molar-refractivity contribution is 0.277. The average Bonchev–Trinajstić information content (AvgIpc) is 2.54. The minimum atomic E-state index is -0.0456. The second-order valence-corrected chi connectivity index (χ2v) is 3.98. The van der Waals surface area contributed by atoms with E-state index < -0.39 is 0 Å². The first-order chi connectivity index (χ1) is 6.76. The summed E-state index contributed by atoms with van der Waals surface area (Å²) in [6.45, 7) is -0.0456. The zero-order chi connectivity index (χ0) is 10.1. The maximum Gasteiger partial charge on any atom is 0.106 e. The highest BCUT2D eigenvalue weighted by atomic mass is 79.9. The van der Waals surface area contributed by atoms with Crippen LogP contribution >= 0.6 is 27.5 Å². The SMILES string of the molecule is OCc1[nH]c2ccc(Br)nc2c1CCl. The van der Waals surface area contributed by atoms with Gasteiger partial charge in [-0.1, -0.05) is 0 Å². The molecule has 3 nitrogen and oxygen atoms in total. The number of fused-ring (bicyclic) bond motifs is 1. The normalized spacial score (nSPS) is 11.1. The lowest BCUT2D eigenvalue weighted by atomic mass is 10.2. The largest absolute Gasteiger partial charge is 0.390 e. The van der Waals surface area contributed by atoms with E-state index in [1.807, 2.05) is 12.1 Å². The Bertz CT molecular complexity index is 469. The van der Waals surface area contributed by atoms with Crippen LogP contribution in [-0.4, -0.2) is 15.1 Å². The second-order valence-electron chi connectivity index (χ2n) is 2.90. The first-order valence-electron chi connectivity index (χ1n) is 4.09. The van der Waals surface area contributed by atoms with Crippen molar-refractivity contribution >= 4 is 38.6 Å². The Labute approximate surface area is 94.2 Å². The van der Waals surface area contributed by atoms with E-state index in [1.165, 1.54) is 0 Å². The zero-order valence-corrected chi connectivity index (χ0v) is 9.56. The van der Waals surface area contributed by atoms with Gasteiger partial charge in [-0.25, -0.2) is 4.98 Å². The average molecular weight is 276 g/mol. The van der Waals surface area contributed by atoms with E-state index in [0.29, 0.717) is 5.88 Å². The number of hydrogen-bond donors (Lipinski definition) is 2. The van der Waals surface area contributed by atoms with Crippen molar-refractivity contribution in [2.45, 2.75) is 12.5 Å². The molecule has 0 saturated carbocycles. The molecule has 2 aromatic heterocycles. The molecule has 2 heterocycles. The number of alkyl halides is 1. The first-order valence-corrected chi connectivity index (χ1v) is 5.41. The van der Waals surface area contributed by atoms with Crippen LogP contribution in [0.4, 0.5) is 0 Å². The van der Waals surface area contributed by atoms with Crippen LogP contribution in [0.5, 0.6) is 0 Å². The Morgan fingerprint density at radius 1 is 1.50 bits per heavy atom.